The van der Waals surface area contributed by atoms with Crippen LogP contribution in [0.1, 0.15) is 18.9 Å². The van der Waals surface area contributed by atoms with Gasteiger partial charge >= 0.3 is 0 Å². The van der Waals surface area contributed by atoms with Crippen LogP contribution in [0.4, 0.5) is 5.82 Å². The Labute approximate surface area is 123 Å². The first-order chi connectivity index (χ1) is 10.2. The number of benzene rings is 2. The fraction of sp³-hybridized carbons (Fsp3) is 0.167. The summed E-state index contributed by atoms with van der Waals surface area (Å²) < 4.78 is 1.62. The Morgan fingerprint density at radius 3 is 2.57 bits per heavy atom. The van der Waals surface area contributed by atoms with E-state index in [-0.39, 0.29) is 5.56 Å². The van der Waals surface area contributed by atoms with Crippen LogP contribution in [0.2, 0.25) is 0 Å². The van der Waals surface area contributed by atoms with Crippen LogP contribution in [0.5, 0.6) is 0 Å². The van der Waals surface area contributed by atoms with Crippen LogP contribution in [0.15, 0.2) is 59.4 Å². The predicted octanol–water partition coefficient (Wildman–Crippen LogP) is 3.53. The molecule has 2 N–H and O–H groups in total. The monoisotopic (exact) mass is 278 g/mol. The van der Waals surface area contributed by atoms with Crippen molar-refractivity contribution in [2.75, 3.05) is 5.73 Å². The van der Waals surface area contributed by atoms with Crippen LogP contribution < -0.4 is 11.3 Å². The minimum atomic E-state index is -0.0610. The molecule has 3 aromatic rings. The number of nitrogen functional groups attached to an aromatic ring is 1. The van der Waals surface area contributed by atoms with Gasteiger partial charge in [-0.2, -0.15) is 0 Å². The molecule has 0 spiro atoms. The van der Waals surface area contributed by atoms with Crippen molar-refractivity contribution in [3.05, 3.63) is 70.5 Å². The van der Waals surface area contributed by atoms with Gasteiger partial charge in [0.2, 0.25) is 0 Å². The molecule has 0 aliphatic carbocycles. The lowest BCUT2D eigenvalue weighted by Gasteiger charge is -2.15. The van der Waals surface area contributed by atoms with Crippen molar-refractivity contribution in [1.29, 1.82) is 0 Å². The summed E-state index contributed by atoms with van der Waals surface area (Å²) in [5, 5.41) is 1.57. The molecule has 0 amide bonds. The summed E-state index contributed by atoms with van der Waals surface area (Å²) in [5.41, 5.74) is 8.11. The standard InChI is InChI=1S/C18H18N2O/c1-2-7-13-8-4-6-11-16(13)20-17(19)12-14-9-3-5-10-15(14)18(20)21/h3-6,8-12H,2,7,19H2,1H3. The Hall–Kier alpha value is -2.55. The molecule has 21 heavy (non-hydrogen) atoms. The summed E-state index contributed by atoms with van der Waals surface area (Å²) in [5.74, 6) is 0.474. The highest BCUT2D eigenvalue weighted by atomic mass is 16.1. The Kier molecular flexibility index (Phi) is 3.48. The van der Waals surface area contributed by atoms with Crippen LogP contribution in [0, 0.1) is 0 Å². The molecule has 0 bridgehead atoms. The number of rotatable bonds is 3. The Morgan fingerprint density at radius 1 is 1.05 bits per heavy atom. The zero-order valence-corrected chi connectivity index (χ0v) is 12.0. The molecule has 0 fully saturated rings. The van der Waals surface area contributed by atoms with Gasteiger partial charge in [-0.25, -0.2) is 0 Å². The number of fused-ring (bicyclic) bond motifs is 1. The maximum atomic E-state index is 12.8. The molecule has 106 valence electrons. The summed E-state index contributed by atoms with van der Waals surface area (Å²) in [4.78, 5) is 12.8. The van der Waals surface area contributed by atoms with Crippen LogP contribution in [-0.2, 0) is 6.42 Å². The number of hydrogen-bond donors (Lipinski definition) is 1. The predicted molar refractivity (Wildman–Crippen MR) is 88.0 cm³/mol. The van der Waals surface area contributed by atoms with Crippen molar-refractivity contribution in [2.45, 2.75) is 19.8 Å². The Balaban J connectivity index is 2.33. The number of nitrogens with two attached hydrogens (primary N) is 1. The molecule has 0 saturated carbocycles. The Bertz CT molecular complexity index is 849. The normalized spacial score (nSPS) is 10.9. The van der Waals surface area contributed by atoms with E-state index in [4.69, 9.17) is 5.73 Å². The third-order valence-corrected chi connectivity index (χ3v) is 3.71. The van der Waals surface area contributed by atoms with E-state index in [9.17, 15) is 4.79 Å². The second-order valence-corrected chi connectivity index (χ2v) is 5.18. The minimum Gasteiger partial charge on any atom is -0.385 e. The van der Waals surface area contributed by atoms with Gasteiger partial charge in [0.05, 0.1) is 5.69 Å². The first-order valence-electron chi connectivity index (χ1n) is 7.21. The molecule has 1 heterocycles. The highest BCUT2D eigenvalue weighted by molar-refractivity contribution is 5.84. The summed E-state index contributed by atoms with van der Waals surface area (Å²) in [6.45, 7) is 2.13. The maximum absolute atomic E-state index is 12.8. The molecule has 0 atom stereocenters. The SMILES string of the molecule is CCCc1ccccc1-n1c(N)cc2ccccc2c1=O. The van der Waals surface area contributed by atoms with Crippen molar-refractivity contribution in [2.24, 2.45) is 0 Å². The molecule has 3 nitrogen and oxygen atoms in total. The number of para-hydroxylation sites is 1. The van der Waals surface area contributed by atoms with E-state index in [2.05, 4.69) is 13.0 Å². The number of anilines is 1. The fourth-order valence-electron chi connectivity index (χ4n) is 2.74. The van der Waals surface area contributed by atoms with Crippen molar-refractivity contribution in [3.8, 4) is 5.69 Å². The van der Waals surface area contributed by atoms with Crippen molar-refractivity contribution >= 4 is 16.6 Å². The average Bonchev–Trinajstić information content (AvgIpc) is 2.49. The van der Waals surface area contributed by atoms with Crippen LogP contribution in [0.25, 0.3) is 16.5 Å². The van der Waals surface area contributed by atoms with Gasteiger partial charge in [0, 0.05) is 5.39 Å². The lowest BCUT2D eigenvalue weighted by atomic mass is 10.1. The lowest BCUT2D eigenvalue weighted by Crippen LogP contribution is -2.22. The summed E-state index contributed by atoms with van der Waals surface area (Å²) in [6.07, 6.45) is 1.95. The second kappa shape index (κ2) is 5.44. The molecule has 2 aromatic carbocycles. The first-order valence-corrected chi connectivity index (χ1v) is 7.21. The summed E-state index contributed by atoms with van der Waals surface area (Å²) in [6, 6.07) is 17.4. The number of aromatic nitrogens is 1. The maximum Gasteiger partial charge on any atom is 0.264 e. The zero-order chi connectivity index (χ0) is 14.8. The van der Waals surface area contributed by atoms with E-state index in [0.29, 0.717) is 11.2 Å². The summed E-state index contributed by atoms with van der Waals surface area (Å²) >= 11 is 0. The number of hydrogen-bond acceptors (Lipinski definition) is 2. The van der Waals surface area contributed by atoms with Crippen LogP contribution in [0.3, 0.4) is 0 Å². The van der Waals surface area contributed by atoms with Gasteiger partial charge in [0.25, 0.3) is 5.56 Å². The van der Waals surface area contributed by atoms with E-state index in [0.717, 1.165) is 29.5 Å². The highest BCUT2D eigenvalue weighted by Crippen LogP contribution is 2.21. The topological polar surface area (TPSA) is 48.0 Å². The van der Waals surface area contributed by atoms with E-state index >= 15 is 0 Å². The smallest absolute Gasteiger partial charge is 0.264 e. The van der Waals surface area contributed by atoms with E-state index < -0.39 is 0 Å². The quantitative estimate of drug-likeness (QED) is 0.796. The van der Waals surface area contributed by atoms with Crippen molar-refractivity contribution in [3.63, 3.8) is 0 Å². The molecule has 0 unspecified atom stereocenters. The molecule has 3 rings (SSSR count). The molecule has 0 aliphatic heterocycles. The average molecular weight is 278 g/mol. The number of nitrogens with zero attached hydrogens (tertiary/aromatic N) is 1. The van der Waals surface area contributed by atoms with E-state index in [1.54, 1.807) is 4.57 Å². The largest absolute Gasteiger partial charge is 0.385 e. The summed E-state index contributed by atoms with van der Waals surface area (Å²) in [7, 11) is 0. The molecule has 0 radical (unpaired) electrons. The molecular formula is C18H18N2O. The number of aryl methyl sites for hydroxylation is 1. The number of pyridine rings is 1. The second-order valence-electron chi connectivity index (χ2n) is 5.18. The third kappa shape index (κ3) is 2.31. The van der Waals surface area contributed by atoms with Gasteiger partial charge < -0.3 is 5.73 Å². The first kappa shape index (κ1) is 13.4. The van der Waals surface area contributed by atoms with Crippen molar-refractivity contribution in [1.82, 2.24) is 4.57 Å². The highest BCUT2D eigenvalue weighted by Gasteiger charge is 2.11. The zero-order valence-electron chi connectivity index (χ0n) is 12.0. The van der Waals surface area contributed by atoms with Gasteiger partial charge in [-0.15, -0.1) is 0 Å². The van der Waals surface area contributed by atoms with Crippen LogP contribution >= 0.6 is 0 Å². The van der Waals surface area contributed by atoms with Crippen LogP contribution in [-0.4, -0.2) is 4.57 Å². The van der Waals surface area contributed by atoms with Crippen molar-refractivity contribution < 1.29 is 0 Å². The van der Waals surface area contributed by atoms with Gasteiger partial charge in [0.15, 0.2) is 0 Å². The third-order valence-electron chi connectivity index (χ3n) is 3.71. The van der Waals surface area contributed by atoms with Gasteiger partial charge in [-0.1, -0.05) is 49.7 Å². The minimum absolute atomic E-state index is 0.0610. The molecule has 1 aromatic heterocycles. The van der Waals surface area contributed by atoms with Gasteiger partial charge in [0.1, 0.15) is 5.82 Å². The Morgan fingerprint density at radius 2 is 1.76 bits per heavy atom. The molecule has 0 aliphatic rings. The molecule has 0 saturated heterocycles. The lowest BCUT2D eigenvalue weighted by molar-refractivity contribution is 0.893. The van der Waals surface area contributed by atoms with Gasteiger partial charge in [-0.3, -0.25) is 9.36 Å². The van der Waals surface area contributed by atoms with Gasteiger partial charge in [-0.05, 0) is 35.6 Å². The van der Waals surface area contributed by atoms with E-state index in [1.807, 2.05) is 48.5 Å². The molecular weight excluding hydrogens is 260 g/mol. The fourth-order valence-corrected chi connectivity index (χ4v) is 2.74. The molecule has 3 heteroatoms. The van der Waals surface area contributed by atoms with E-state index in [1.165, 1.54) is 0 Å².